The molecular formula is C13H16N4S. The highest BCUT2D eigenvalue weighted by molar-refractivity contribution is 7.80. The number of thiocarbonyl (C=S) groups is 1. The lowest BCUT2D eigenvalue weighted by Crippen LogP contribution is -2.39. The van der Waals surface area contributed by atoms with E-state index < -0.39 is 0 Å². The van der Waals surface area contributed by atoms with Gasteiger partial charge in [-0.15, -0.1) is 0 Å². The second-order valence-corrected chi connectivity index (χ2v) is 4.42. The molecule has 5 heteroatoms. The molecule has 0 saturated carbocycles. The van der Waals surface area contributed by atoms with Gasteiger partial charge in [-0.1, -0.05) is 18.2 Å². The molecule has 0 saturated heterocycles. The molecule has 18 heavy (non-hydrogen) atoms. The molecule has 0 unspecified atom stereocenters. The number of aromatic nitrogens is 1. The van der Waals surface area contributed by atoms with Gasteiger partial charge in [0.15, 0.2) is 5.11 Å². The van der Waals surface area contributed by atoms with E-state index in [2.05, 4.69) is 32.6 Å². The maximum Gasteiger partial charge on any atom is 0.189 e. The highest BCUT2D eigenvalue weighted by Gasteiger charge is 2.09. The summed E-state index contributed by atoms with van der Waals surface area (Å²) in [4.78, 5) is 6.32. The summed E-state index contributed by atoms with van der Waals surface area (Å²) in [6, 6.07) is 5.75. The van der Waals surface area contributed by atoms with E-state index in [0.29, 0.717) is 5.11 Å². The number of nitrogens with one attached hydrogen (secondary N) is 1. The quantitative estimate of drug-likeness (QED) is 0.382. The van der Waals surface area contributed by atoms with E-state index in [1.165, 1.54) is 0 Å². The summed E-state index contributed by atoms with van der Waals surface area (Å²) in [6.07, 6.45) is 7.07. The van der Waals surface area contributed by atoms with Crippen LogP contribution in [0.5, 0.6) is 0 Å². The molecule has 4 nitrogen and oxygen atoms in total. The van der Waals surface area contributed by atoms with E-state index in [9.17, 15) is 0 Å². The van der Waals surface area contributed by atoms with Crippen molar-refractivity contribution in [3.63, 3.8) is 0 Å². The molecular weight excluding hydrogens is 244 g/mol. The molecule has 1 aliphatic rings. The number of rotatable bonds is 2. The van der Waals surface area contributed by atoms with Crippen LogP contribution in [0.4, 0.5) is 0 Å². The Morgan fingerprint density at radius 3 is 3.00 bits per heavy atom. The average molecular weight is 260 g/mol. The van der Waals surface area contributed by atoms with E-state index >= 15 is 0 Å². The van der Waals surface area contributed by atoms with Gasteiger partial charge < -0.3 is 4.90 Å². The molecule has 1 N–H and O–H groups in total. The van der Waals surface area contributed by atoms with Crippen LogP contribution in [-0.4, -0.2) is 33.8 Å². The van der Waals surface area contributed by atoms with Gasteiger partial charge >= 0.3 is 0 Å². The van der Waals surface area contributed by atoms with Gasteiger partial charge in [0, 0.05) is 19.3 Å². The summed E-state index contributed by atoms with van der Waals surface area (Å²) in [7, 11) is 0. The zero-order valence-corrected chi connectivity index (χ0v) is 11.2. The summed E-state index contributed by atoms with van der Waals surface area (Å²) in [5, 5.41) is 4.93. The Balaban J connectivity index is 1.94. The van der Waals surface area contributed by atoms with E-state index in [-0.39, 0.29) is 0 Å². The lowest BCUT2D eigenvalue weighted by atomic mass is 10.3. The third kappa shape index (κ3) is 3.37. The number of hydrogen-bond acceptors (Lipinski definition) is 3. The largest absolute Gasteiger partial charge is 0.344 e. The zero-order valence-electron chi connectivity index (χ0n) is 10.3. The predicted molar refractivity (Wildman–Crippen MR) is 77.5 cm³/mol. The third-order valence-electron chi connectivity index (χ3n) is 2.70. The fraction of sp³-hybridized carbons (Fsp3) is 0.308. The molecule has 0 bridgehead atoms. The Kier molecular flexibility index (Phi) is 4.41. The molecule has 2 rings (SSSR count). The molecule has 0 aromatic carbocycles. The molecule has 1 aliphatic heterocycles. The molecule has 94 valence electrons. The van der Waals surface area contributed by atoms with Crippen molar-refractivity contribution in [1.82, 2.24) is 15.3 Å². The third-order valence-corrected chi connectivity index (χ3v) is 3.05. The van der Waals surface area contributed by atoms with Gasteiger partial charge in [-0.2, -0.15) is 5.10 Å². The van der Waals surface area contributed by atoms with Crippen LogP contribution in [0.25, 0.3) is 0 Å². The van der Waals surface area contributed by atoms with E-state index in [0.717, 1.165) is 30.9 Å². The van der Waals surface area contributed by atoms with Gasteiger partial charge in [0.1, 0.15) is 0 Å². The second-order valence-electron chi connectivity index (χ2n) is 4.04. The lowest BCUT2D eigenvalue weighted by molar-refractivity contribution is 0.447. The summed E-state index contributed by atoms with van der Waals surface area (Å²) < 4.78 is 0. The molecule has 0 atom stereocenters. The van der Waals surface area contributed by atoms with Gasteiger partial charge in [0.05, 0.1) is 11.4 Å². The maximum atomic E-state index is 5.30. The van der Waals surface area contributed by atoms with E-state index in [4.69, 9.17) is 12.2 Å². The Morgan fingerprint density at radius 2 is 2.33 bits per heavy atom. The van der Waals surface area contributed by atoms with E-state index in [1.807, 2.05) is 25.1 Å². The van der Waals surface area contributed by atoms with Crippen LogP contribution >= 0.6 is 12.2 Å². The van der Waals surface area contributed by atoms with Crippen LogP contribution < -0.4 is 5.43 Å². The van der Waals surface area contributed by atoms with E-state index in [1.54, 1.807) is 6.20 Å². The van der Waals surface area contributed by atoms with Crippen LogP contribution in [0.15, 0.2) is 41.6 Å². The molecule has 0 spiro atoms. The Morgan fingerprint density at radius 1 is 1.44 bits per heavy atom. The molecule has 1 aromatic rings. The smallest absolute Gasteiger partial charge is 0.189 e. The number of hydrazone groups is 1. The van der Waals surface area contributed by atoms with Crippen molar-refractivity contribution in [3.05, 3.63) is 42.2 Å². The van der Waals surface area contributed by atoms with Crippen molar-refractivity contribution in [2.45, 2.75) is 13.3 Å². The molecule has 0 fully saturated rings. The van der Waals surface area contributed by atoms with Gasteiger partial charge in [-0.25, -0.2) is 0 Å². The Labute approximate surface area is 112 Å². The predicted octanol–water partition coefficient (Wildman–Crippen LogP) is 1.94. The van der Waals surface area contributed by atoms with Crippen LogP contribution in [-0.2, 0) is 0 Å². The van der Waals surface area contributed by atoms with Crippen molar-refractivity contribution in [3.8, 4) is 0 Å². The van der Waals surface area contributed by atoms with Crippen molar-refractivity contribution < 1.29 is 0 Å². The topological polar surface area (TPSA) is 40.5 Å². The van der Waals surface area contributed by atoms with Gasteiger partial charge in [-0.05, 0) is 37.7 Å². The minimum absolute atomic E-state index is 0.662. The average Bonchev–Trinajstić information content (AvgIpc) is 2.46. The standard InChI is InChI=1S/C13H16N4S/c1-11(12-7-3-4-8-14-12)15-16-13(18)17-9-5-2-6-10-17/h2-5,7-8H,6,9-10H2,1H3,(H,16,18)/b15-11-. The van der Waals surface area contributed by atoms with Crippen molar-refractivity contribution in [2.75, 3.05) is 13.1 Å². The first-order chi connectivity index (χ1) is 8.77. The summed E-state index contributed by atoms with van der Waals surface area (Å²) in [5.74, 6) is 0. The number of pyridine rings is 1. The van der Waals surface area contributed by atoms with Crippen molar-refractivity contribution >= 4 is 23.0 Å². The first-order valence-corrected chi connectivity index (χ1v) is 6.34. The Bertz CT molecular complexity index is 467. The van der Waals surface area contributed by atoms with Gasteiger partial charge in [0.25, 0.3) is 0 Å². The number of hydrogen-bond donors (Lipinski definition) is 1. The Hall–Kier alpha value is -1.75. The van der Waals surface area contributed by atoms with Crippen LogP contribution in [0, 0.1) is 0 Å². The first kappa shape index (κ1) is 12.7. The monoisotopic (exact) mass is 260 g/mol. The van der Waals surface area contributed by atoms with Crippen LogP contribution in [0.3, 0.4) is 0 Å². The highest BCUT2D eigenvalue weighted by atomic mass is 32.1. The second kappa shape index (κ2) is 6.26. The molecule has 1 aromatic heterocycles. The minimum Gasteiger partial charge on any atom is -0.344 e. The normalized spacial score (nSPS) is 15.6. The molecule has 0 radical (unpaired) electrons. The fourth-order valence-corrected chi connectivity index (χ4v) is 1.87. The summed E-state index contributed by atoms with van der Waals surface area (Å²) in [6.45, 7) is 3.71. The fourth-order valence-electron chi connectivity index (χ4n) is 1.66. The summed E-state index contributed by atoms with van der Waals surface area (Å²) in [5.41, 5.74) is 4.60. The van der Waals surface area contributed by atoms with Gasteiger partial charge in [0.2, 0.25) is 0 Å². The van der Waals surface area contributed by atoms with Crippen molar-refractivity contribution in [1.29, 1.82) is 0 Å². The summed E-state index contributed by atoms with van der Waals surface area (Å²) >= 11 is 5.30. The van der Waals surface area contributed by atoms with Crippen molar-refractivity contribution in [2.24, 2.45) is 5.10 Å². The minimum atomic E-state index is 0.662. The first-order valence-electron chi connectivity index (χ1n) is 5.93. The SMILES string of the molecule is C/C(=N/NC(=S)N1CC=CCC1)c1ccccn1. The zero-order chi connectivity index (χ0) is 12.8. The molecule has 0 aliphatic carbocycles. The lowest BCUT2D eigenvalue weighted by Gasteiger charge is -2.25. The van der Waals surface area contributed by atoms with Gasteiger partial charge in [-0.3, -0.25) is 10.4 Å². The number of nitrogens with zero attached hydrogens (tertiary/aromatic N) is 3. The van der Waals surface area contributed by atoms with Crippen LogP contribution in [0.1, 0.15) is 19.0 Å². The highest BCUT2D eigenvalue weighted by Crippen LogP contribution is 2.02. The maximum absolute atomic E-state index is 5.30. The molecule has 2 heterocycles. The molecule has 0 amide bonds. The van der Waals surface area contributed by atoms with Crippen LogP contribution in [0.2, 0.25) is 0 Å².